The number of nitrogens with zero attached hydrogens (tertiary/aromatic N) is 2. The summed E-state index contributed by atoms with van der Waals surface area (Å²) in [6.07, 6.45) is 3.72. The number of aromatic nitrogens is 2. The molecule has 0 unspecified atom stereocenters. The molecule has 1 fully saturated rings. The average Bonchev–Trinajstić information content (AvgIpc) is 3.11. The molecule has 126 valence electrons. The lowest BCUT2D eigenvalue weighted by Crippen LogP contribution is -2.44. The van der Waals surface area contributed by atoms with E-state index in [1.807, 2.05) is 6.92 Å². The summed E-state index contributed by atoms with van der Waals surface area (Å²) in [7, 11) is 0. The molecule has 24 heavy (non-hydrogen) atoms. The molecule has 4 heteroatoms. The van der Waals surface area contributed by atoms with Gasteiger partial charge in [0, 0.05) is 22.8 Å². The van der Waals surface area contributed by atoms with E-state index in [9.17, 15) is 5.11 Å². The monoisotopic (exact) mass is 324 g/mol. The van der Waals surface area contributed by atoms with Crippen LogP contribution in [0.15, 0.2) is 30.3 Å². The topological polar surface area (TPSA) is 39.3 Å². The SMILES string of the molecule is Cc1ccc2n1[C@H]1[C@H]3O[C@@]([C@H](C)O)(C=C2)[C@@H]1c1ccc(C)n1[C@H]3C. The summed E-state index contributed by atoms with van der Waals surface area (Å²) in [5.74, 6) is 0.121. The van der Waals surface area contributed by atoms with Gasteiger partial charge in [-0.1, -0.05) is 0 Å². The van der Waals surface area contributed by atoms with Gasteiger partial charge in [0.25, 0.3) is 0 Å². The molecule has 0 amide bonds. The second-order valence-electron chi connectivity index (χ2n) is 7.69. The van der Waals surface area contributed by atoms with E-state index < -0.39 is 11.7 Å². The molecule has 0 aliphatic carbocycles. The van der Waals surface area contributed by atoms with Gasteiger partial charge >= 0.3 is 0 Å². The van der Waals surface area contributed by atoms with Crippen molar-refractivity contribution in [2.75, 3.05) is 0 Å². The molecule has 0 radical (unpaired) electrons. The average molecular weight is 324 g/mol. The van der Waals surface area contributed by atoms with Crippen molar-refractivity contribution in [1.29, 1.82) is 0 Å². The number of aliphatic hydroxyl groups is 1. The quantitative estimate of drug-likeness (QED) is 0.874. The van der Waals surface area contributed by atoms with Crippen LogP contribution in [-0.2, 0) is 4.74 Å². The lowest BCUT2D eigenvalue weighted by molar-refractivity contribution is -0.0905. The number of fused-ring (bicyclic) bond motifs is 2. The number of hydrogen-bond donors (Lipinski definition) is 1. The van der Waals surface area contributed by atoms with Gasteiger partial charge in [-0.15, -0.1) is 0 Å². The highest BCUT2D eigenvalue weighted by Crippen LogP contribution is 2.60. The summed E-state index contributed by atoms with van der Waals surface area (Å²) in [4.78, 5) is 0. The summed E-state index contributed by atoms with van der Waals surface area (Å²) >= 11 is 0. The van der Waals surface area contributed by atoms with Crippen LogP contribution >= 0.6 is 0 Å². The maximum absolute atomic E-state index is 10.7. The van der Waals surface area contributed by atoms with Crippen molar-refractivity contribution >= 4 is 6.08 Å². The van der Waals surface area contributed by atoms with E-state index in [-0.39, 0.29) is 24.1 Å². The maximum Gasteiger partial charge on any atom is 0.123 e. The first-order valence-corrected chi connectivity index (χ1v) is 8.86. The van der Waals surface area contributed by atoms with Gasteiger partial charge in [-0.25, -0.2) is 0 Å². The third-order valence-electron chi connectivity index (χ3n) is 6.48. The molecule has 4 nitrogen and oxygen atoms in total. The standard InChI is InChI=1S/C20H24N2O2/c1-11-6-8-16-17-18-19(13(3)21(11)16)24-20(17,14(4)23)10-9-15-7-5-12(2)22(15)18/h5-10,13-14,17-19,23H,1-4H3/t13-,14-,17+,18+,19-,20+/m0/s1. The van der Waals surface area contributed by atoms with E-state index in [1.165, 1.54) is 22.8 Å². The number of aryl methyl sites for hydroxylation is 2. The van der Waals surface area contributed by atoms with Crippen molar-refractivity contribution in [3.63, 3.8) is 0 Å². The first-order valence-electron chi connectivity index (χ1n) is 8.86. The fourth-order valence-corrected chi connectivity index (χ4v) is 5.42. The summed E-state index contributed by atoms with van der Waals surface area (Å²) in [5.41, 5.74) is 4.36. The van der Waals surface area contributed by atoms with Crippen molar-refractivity contribution in [2.24, 2.45) is 0 Å². The molecule has 0 saturated carbocycles. The van der Waals surface area contributed by atoms with E-state index in [0.29, 0.717) is 0 Å². The predicted molar refractivity (Wildman–Crippen MR) is 93.1 cm³/mol. The Morgan fingerprint density at radius 2 is 1.83 bits per heavy atom. The zero-order valence-electron chi connectivity index (χ0n) is 14.6. The number of aliphatic hydroxyl groups excluding tert-OH is 1. The fourth-order valence-electron chi connectivity index (χ4n) is 5.42. The Kier molecular flexibility index (Phi) is 2.69. The maximum atomic E-state index is 10.7. The lowest BCUT2D eigenvalue weighted by atomic mass is 9.75. The van der Waals surface area contributed by atoms with Crippen LogP contribution in [0, 0.1) is 13.8 Å². The molecule has 0 spiro atoms. The molecule has 3 aliphatic heterocycles. The Hall–Kier alpha value is -1.78. The predicted octanol–water partition coefficient (Wildman–Crippen LogP) is 3.35. The zero-order chi connectivity index (χ0) is 16.8. The Balaban J connectivity index is 1.85. The van der Waals surface area contributed by atoms with Crippen LogP contribution in [0.3, 0.4) is 0 Å². The zero-order valence-corrected chi connectivity index (χ0v) is 14.6. The first-order chi connectivity index (χ1) is 11.5. The van der Waals surface area contributed by atoms with Gasteiger partial charge in [0.05, 0.1) is 24.1 Å². The van der Waals surface area contributed by atoms with E-state index >= 15 is 0 Å². The minimum absolute atomic E-state index is 0.0537. The lowest BCUT2D eigenvalue weighted by Gasteiger charge is -2.39. The van der Waals surface area contributed by atoms with Crippen LogP contribution in [-0.4, -0.2) is 32.0 Å². The molecule has 5 rings (SSSR count). The molecular weight excluding hydrogens is 300 g/mol. The Bertz CT molecular complexity index is 859. The Labute approximate surface area is 142 Å². The van der Waals surface area contributed by atoms with E-state index in [4.69, 9.17) is 4.74 Å². The van der Waals surface area contributed by atoms with Crippen LogP contribution in [0.4, 0.5) is 0 Å². The van der Waals surface area contributed by atoms with Crippen molar-refractivity contribution in [3.8, 4) is 0 Å². The molecule has 1 saturated heterocycles. The number of hydrogen-bond acceptors (Lipinski definition) is 2. The molecule has 5 heterocycles. The molecule has 2 aromatic rings. The number of rotatable bonds is 1. The molecule has 4 bridgehead atoms. The van der Waals surface area contributed by atoms with Crippen molar-refractivity contribution in [2.45, 2.75) is 63.5 Å². The smallest absolute Gasteiger partial charge is 0.123 e. The van der Waals surface area contributed by atoms with Crippen molar-refractivity contribution < 1.29 is 9.84 Å². The van der Waals surface area contributed by atoms with Crippen molar-refractivity contribution in [1.82, 2.24) is 9.13 Å². The van der Waals surface area contributed by atoms with E-state index in [2.05, 4.69) is 66.3 Å². The van der Waals surface area contributed by atoms with Gasteiger partial charge in [0.15, 0.2) is 0 Å². The first kappa shape index (κ1) is 14.6. The summed E-state index contributed by atoms with van der Waals surface area (Å²) in [6.45, 7) is 8.42. The van der Waals surface area contributed by atoms with Crippen LogP contribution < -0.4 is 0 Å². The Morgan fingerprint density at radius 1 is 1.12 bits per heavy atom. The van der Waals surface area contributed by atoms with Crippen molar-refractivity contribution in [3.05, 3.63) is 53.1 Å². The highest BCUT2D eigenvalue weighted by Gasteiger charge is 2.63. The van der Waals surface area contributed by atoms with Crippen LogP contribution in [0.2, 0.25) is 0 Å². The Morgan fingerprint density at radius 3 is 2.58 bits per heavy atom. The summed E-state index contributed by atoms with van der Waals surface area (Å²) in [5, 5.41) is 10.7. The minimum atomic E-state index is -0.659. The van der Waals surface area contributed by atoms with Gasteiger partial charge in [-0.05, 0) is 64.1 Å². The van der Waals surface area contributed by atoms with Crippen LogP contribution in [0.25, 0.3) is 6.08 Å². The fraction of sp³-hybridized carbons (Fsp3) is 0.500. The van der Waals surface area contributed by atoms with Gasteiger partial charge in [0.2, 0.25) is 0 Å². The highest BCUT2D eigenvalue weighted by molar-refractivity contribution is 5.54. The van der Waals surface area contributed by atoms with Gasteiger partial charge in [-0.3, -0.25) is 0 Å². The summed E-state index contributed by atoms with van der Waals surface area (Å²) < 4.78 is 11.5. The molecule has 1 N–H and O–H groups in total. The van der Waals surface area contributed by atoms with Gasteiger partial charge < -0.3 is 19.0 Å². The molecule has 0 aromatic carbocycles. The third-order valence-corrected chi connectivity index (χ3v) is 6.48. The second kappa shape index (κ2) is 4.44. The third kappa shape index (κ3) is 1.47. The molecular formula is C20H24N2O2. The normalized spacial score (nSPS) is 37.0. The van der Waals surface area contributed by atoms with Crippen LogP contribution in [0.5, 0.6) is 0 Å². The highest BCUT2D eigenvalue weighted by atomic mass is 16.5. The van der Waals surface area contributed by atoms with Gasteiger partial charge in [-0.2, -0.15) is 0 Å². The molecule has 3 aliphatic rings. The van der Waals surface area contributed by atoms with Crippen LogP contribution in [0.1, 0.15) is 54.6 Å². The largest absolute Gasteiger partial charge is 0.390 e. The molecule has 6 atom stereocenters. The second-order valence-corrected chi connectivity index (χ2v) is 7.69. The molecule has 2 aromatic heterocycles. The van der Waals surface area contributed by atoms with Gasteiger partial charge in [0.1, 0.15) is 11.7 Å². The minimum Gasteiger partial charge on any atom is -0.390 e. The van der Waals surface area contributed by atoms with E-state index in [0.717, 1.165) is 0 Å². The number of ether oxygens (including phenoxy) is 1. The van der Waals surface area contributed by atoms with E-state index in [1.54, 1.807) is 0 Å². The summed E-state index contributed by atoms with van der Waals surface area (Å²) in [6, 6.07) is 9.24.